The van der Waals surface area contributed by atoms with Gasteiger partial charge in [0.05, 0.1) is 28.2 Å². The largest absolute Gasteiger partial charge is 0.465 e. The fourth-order valence-corrected chi connectivity index (χ4v) is 5.06. The molecule has 0 saturated carbocycles. The predicted molar refractivity (Wildman–Crippen MR) is 114 cm³/mol. The van der Waals surface area contributed by atoms with Gasteiger partial charge in [-0.3, -0.25) is 4.79 Å². The normalized spacial score (nSPS) is 15.3. The summed E-state index contributed by atoms with van der Waals surface area (Å²) in [7, 11) is -2.45. The van der Waals surface area contributed by atoms with Gasteiger partial charge in [0.1, 0.15) is 0 Å². The molecule has 160 valence electrons. The second-order valence-corrected chi connectivity index (χ2v) is 9.33. The molecule has 3 rings (SSSR count). The van der Waals surface area contributed by atoms with Crippen LogP contribution in [0.15, 0.2) is 47.4 Å². The maximum absolute atomic E-state index is 13.0. The highest BCUT2D eigenvalue weighted by Gasteiger charge is 2.26. The molecule has 1 fully saturated rings. The van der Waals surface area contributed by atoms with Crippen molar-refractivity contribution in [2.45, 2.75) is 30.6 Å². The van der Waals surface area contributed by atoms with Crippen molar-refractivity contribution in [1.82, 2.24) is 4.31 Å². The standard InChI is InChI=1S/C21H23ClN2O5S/c1-29-21(26)15-7-6-8-16(13-15)23-20(25)18-14-17(9-10-19(18)22)30(27,28)24-11-4-2-3-5-12-24/h6-10,13-14H,2-5,11-12H2,1H3,(H,23,25). The number of amides is 1. The maximum atomic E-state index is 13.0. The Labute approximate surface area is 181 Å². The zero-order valence-electron chi connectivity index (χ0n) is 16.6. The molecule has 1 aliphatic heterocycles. The SMILES string of the molecule is COC(=O)c1cccc(NC(=O)c2cc(S(=O)(=O)N3CCCCCC3)ccc2Cl)c1. The molecule has 0 aromatic heterocycles. The van der Waals surface area contributed by atoms with E-state index in [9.17, 15) is 18.0 Å². The zero-order chi connectivity index (χ0) is 21.7. The smallest absolute Gasteiger partial charge is 0.337 e. The Bertz CT molecular complexity index is 1050. The van der Waals surface area contributed by atoms with Crippen molar-refractivity contribution in [3.05, 3.63) is 58.6 Å². The van der Waals surface area contributed by atoms with E-state index in [4.69, 9.17) is 11.6 Å². The summed E-state index contributed by atoms with van der Waals surface area (Å²) in [5.41, 5.74) is 0.676. The molecule has 0 unspecified atom stereocenters. The fraction of sp³-hybridized carbons (Fsp3) is 0.333. The molecule has 0 atom stereocenters. The molecule has 0 aliphatic carbocycles. The van der Waals surface area contributed by atoms with E-state index in [-0.39, 0.29) is 21.0 Å². The van der Waals surface area contributed by atoms with Gasteiger partial charge in [-0.2, -0.15) is 4.31 Å². The first kappa shape index (κ1) is 22.3. The van der Waals surface area contributed by atoms with Crippen LogP contribution >= 0.6 is 11.6 Å². The lowest BCUT2D eigenvalue weighted by atomic mass is 10.1. The van der Waals surface area contributed by atoms with E-state index in [0.717, 1.165) is 25.7 Å². The number of ether oxygens (including phenoxy) is 1. The highest BCUT2D eigenvalue weighted by molar-refractivity contribution is 7.89. The fourth-order valence-electron chi connectivity index (χ4n) is 3.31. The van der Waals surface area contributed by atoms with Crippen LogP contribution in [0.2, 0.25) is 5.02 Å². The van der Waals surface area contributed by atoms with Crippen LogP contribution in [-0.4, -0.2) is 44.8 Å². The molecule has 30 heavy (non-hydrogen) atoms. The van der Waals surface area contributed by atoms with Crippen LogP contribution in [-0.2, 0) is 14.8 Å². The van der Waals surface area contributed by atoms with Crippen molar-refractivity contribution < 1.29 is 22.7 Å². The van der Waals surface area contributed by atoms with Gasteiger partial charge in [0.2, 0.25) is 10.0 Å². The minimum absolute atomic E-state index is 0.0299. The molecule has 0 bridgehead atoms. The minimum Gasteiger partial charge on any atom is -0.465 e. The summed E-state index contributed by atoms with van der Waals surface area (Å²) >= 11 is 6.18. The molecule has 2 aromatic rings. The molecule has 2 aromatic carbocycles. The molecule has 7 nitrogen and oxygen atoms in total. The highest BCUT2D eigenvalue weighted by atomic mass is 35.5. The number of methoxy groups -OCH3 is 1. The van der Waals surface area contributed by atoms with Gasteiger partial charge >= 0.3 is 5.97 Å². The molecule has 1 N–H and O–H groups in total. The number of halogens is 1. The number of carbonyl (C=O) groups excluding carboxylic acids is 2. The minimum atomic E-state index is -3.72. The van der Waals surface area contributed by atoms with Crippen LogP contribution in [0.3, 0.4) is 0 Å². The van der Waals surface area contributed by atoms with E-state index in [1.807, 2.05) is 0 Å². The molecule has 1 aliphatic rings. The molecule has 1 heterocycles. The Morgan fingerprint density at radius 2 is 1.73 bits per heavy atom. The molecular formula is C21H23ClN2O5S. The summed E-state index contributed by atoms with van der Waals surface area (Å²) in [4.78, 5) is 24.5. The van der Waals surface area contributed by atoms with Crippen LogP contribution < -0.4 is 5.32 Å². The van der Waals surface area contributed by atoms with Gasteiger partial charge in [-0.25, -0.2) is 13.2 Å². The number of sulfonamides is 1. The second-order valence-electron chi connectivity index (χ2n) is 6.99. The van der Waals surface area contributed by atoms with E-state index >= 15 is 0 Å². The van der Waals surface area contributed by atoms with Crippen molar-refractivity contribution in [1.29, 1.82) is 0 Å². The third-order valence-electron chi connectivity index (χ3n) is 4.93. The maximum Gasteiger partial charge on any atom is 0.337 e. The van der Waals surface area contributed by atoms with Crippen LogP contribution in [0.5, 0.6) is 0 Å². The monoisotopic (exact) mass is 450 g/mol. The van der Waals surface area contributed by atoms with Crippen LogP contribution in [0.25, 0.3) is 0 Å². The van der Waals surface area contributed by atoms with Gasteiger partial charge < -0.3 is 10.1 Å². The van der Waals surface area contributed by atoms with Crippen molar-refractivity contribution in [3.8, 4) is 0 Å². The first-order valence-electron chi connectivity index (χ1n) is 9.62. The molecule has 0 spiro atoms. The van der Waals surface area contributed by atoms with E-state index < -0.39 is 21.9 Å². The number of esters is 1. The van der Waals surface area contributed by atoms with Crippen LogP contribution in [0.4, 0.5) is 5.69 Å². The molecule has 0 radical (unpaired) electrons. The molecular weight excluding hydrogens is 428 g/mol. The number of benzene rings is 2. The quantitative estimate of drug-likeness (QED) is 0.696. The summed E-state index contributed by atoms with van der Waals surface area (Å²) < 4.78 is 32.2. The van der Waals surface area contributed by atoms with E-state index in [0.29, 0.717) is 18.8 Å². The number of rotatable bonds is 5. The van der Waals surface area contributed by atoms with Gasteiger partial charge in [-0.05, 0) is 49.2 Å². The van der Waals surface area contributed by atoms with Gasteiger partial charge in [-0.1, -0.05) is 30.5 Å². The third-order valence-corrected chi connectivity index (χ3v) is 7.15. The topological polar surface area (TPSA) is 92.8 Å². The van der Waals surface area contributed by atoms with Crippen LogP contribution in [0.1, 0.15) is 46.4 Å². The third kappa shape index (κ3) is 5.00. The lowest BCUT2D eigenvalue weighted by Crippen LogP contribution is -2.32. The highest BCUT2D eigenvalue weighted by Crippen LogP contribution is 2.26. The van der Waals surface area contributed by atoms with E-state index in [1.165, 1.54) is 35.7 Å². The predicted octanol–water partition coefficient (Wildman–Crippen LogP) is 3.94. The molecule has 9 heteroatoms. The summed E-state index contributed by atoms with van der Waals surface area (Å²) in [5, 5.41) is 2.78. The van der Waals surface area contributed by atoms with Gasteiger partial charge in [-0.15, -0.1) is 0 Å². The Morgan fingerprint density at radius 1 is 1.03 bits per heavy atom. The van der Waals surface area contributed by atoms with Crippen molar-refractivity contribution in [3.63, 3.8) is 0 Å². The summed E-state index contributed by atoms with van der Waals surface area (Å²) in [6.45, 7) is 0.930. The lowest BCUT2D eigenvalue weighted by Gasteiger charge is -2.20. The van der Waals surface area contributed by atoms with Crippen LogP contribution in [0, 0.1) is 0 Å². The number of hydrogen-bond acceptors (Lipinski definition) is 5. The Balaban J connectivity index is 1.86. The Morgan fingerprint density at radius 3 is 2.40 bits per heavy atom. The number of hydrogen-bond donors (Lipinski definition) is 1. The van der Waals surface area contributed by atoms with E-state index in [1.54, 1.807) is 18.2 Å². The molecule has 1 saturated heterocycles. The lowest BCUT2D eigenvalue weighted by molar-refractivity contribution is 0.0600. The van der Waals surface area contributed by atoms with Gasteiger partial charge in [0, 0.05) is 18.8 Å². The van der Waals surface area contributed by atoms with Gasteiger partial charge in [0.15, 0.2) is 0 Å². The second kappa shape index (κ2) is 9.59. The number of nitrogens with zero attached hydrogens (tertiary/aromatic N) is 1. The first-order valence-corrected chi connectivity index (χ1v) is 11.4. The molecule has 1 amide bonds. The summed E-state index contributed by atoms with van der Waals surface area (Å²) in [6, 6.07) is 10.4. The van der Waals surface area contributed by atoms with Gasteiger partial charge in [0.25, 0.3) is 5.91 Å². The Hall–Kier alpha value is -2.42. The first-order chi connectivity index (χ1) is 14.3. The number of nitrogens with one attached hydrogen (secondary N) is 1. The zero-order valence-corrected chi connectivity index (χ0v) is 18.1. The number of anilines is 1. The number of carbonyl (C=O) groups is 2. The average molecular weight is 451 g/mol. The average Bonchev–Trinajstić information content (AvgIpc) is 3.03. The Kier molecular flexibility index (Phi) is 7.12. The van der Waals surface area contributed by atoms with Crippen molar-refractivity contribution >= 4 is 39.2 Å². The van der Waals surface area contributed by atoms with Crippen molar-refractivity contribution in [2.75, 3.05) is 25.5 Å². The summed E-state index contributed by atoms with van der Waals surface area (Å²) in [5.74, 6) is -1.11. The summed E-state index contributed by atoms with van der Waals surface area (Å²) in [6.07, 6.45) is 3.64. The van der Waals surface area contributed by atoms with E-state index in [2.05, 4.69) is 10.1 Å². The van der Waals surface area contributed by atoms with Crippen molar-refractivity contribution in [2.24, 2.45) is 0 Å².